The highest BCUT2D eigenvalue weighted by Gasteiger charge is 2.55. The number of carbonyl (C=O) groups is 2. The molecule has 17 nitrogen and oxygen atoms in total. The van der Waals surface area contributed by atoms with Crippen molar-refractivity contribution < 1.29 is 42.5 Å². The van der Waals surface area contributed by atoms with Gasteiger partial charge >= 0.3 is 25.4 Å². The van der Waals surface area contributed by atoms with Crippen LogP contribution in [0.2, 0.25) is 0 Å². The van der Waals surface area contributed by atoms with Gasteiger partial charge in [-0.25, -0.2) is 14.2 Å². The zero-order valence-electron chi connectivity index (χ0n) is 21.7. The van der Waals surface area contributed by atoms with Gasteiger partial charge in [-0.2, -0.15) is 5.09 Å². The lowest BCUT2D eigenvalue weighted by Crippen LogP contribution is -2.45. The number of aromatic amines is 1. The fourth-order valence-electron chi connectivity index (χ4n) is 3.86. The van der Waals surface area contributed by atoms with Gasteiger partial charge in [0.1, 0.15) is 23.4 Å². The molecule has 1 aromatic carbocycles. The summed E-state index contributed by atoms with van der Waals surface area (Å²) in [5, 5.41) is 17.0. The van der Waals surface area contributed by atoms with Crippen LogP contribution in [0.3, 0.4) is 0 Å². The Balaban J connectivity index is 1.91. The second-order valence-corrected chi connectivity index (χ2v) is 10.4. The summed E-state index contributed by atoms with van der Waals surface area (Å²) in [7, 11) is -2.19. The minimum absolute atomic E-state index is 0.0708. The number of aliphatic hydroxyl groups excluding tert-OH is 1. The molecule has 6 atom stereocenters. The van der Waals surface area contributed by atoms with Crippen LogP contribution in [0.1, 0.15) is 30.4 Å². The van der Waals surface area contributed by atoms with Crippen LogP contribution in [0, 0.1) is 0 Å². The van der Waals surface area contributed by atoms with Crippen molar-refractivity contribution in [3.05, 3.63) is 73.4 Å². The second kappa shape index (κ2) is 12.5. The van der Waals surface area contributed by atoms with E-state index >= 15 is 0 Å². The second-order valence-electron chi connectivity index (χ2n) is 8.68. The Morgan fingerprint density at radius 3 is 2.67 bits per heavy atom. The van der Waals surface area contributed by atoms with Crippen molar-refractivity contribution in [2.45, 2.75) is 43.9 Å². The fourth-order valence-corrected chi connectivity index (χ4v) is 5.35. The van der Waals surface area contributed by atoms with Crippen LogP contribution in [0.5, 0.6) is 5.75 Å². The van der Waals surface area contributed by atoms with Crippen LogP contribution in [0.4, 0.5) is 0 Å². The molecule has 2 aromatic rings. The summed E-state index contributed by atoms with van der Waals surface area (Å²) in [6.07, 6.45) is -3.28. The van der Waals surface area contributed by atoms with Crippen LogP contribution in [0.25, 0.3) is 10.4 Å². The smallest absolute Gasteiger partial charge is 0.459 e. The fraction of sp³-hybridized carbons (Fsp3) is 0.455. The van der Waals surface area contributed by atoms with E-state index in [0.29, 0.717) is 0 Å². The van der Waals surface area contributed by atoms with E-state index in [2.05, 4.69) is 24.6 Å². The molecular formula is C22H27N6O11P. The van der Waals surface area contributed by atoms with Crippen LogP contribution in [-0.2, 0) is 28.1 Å². The Hall–Kier alpha value is -3.98. The molecule has 3 rings (SSSR count). The molecule has 1 unspecified atom stereocenters. The van der Waals surface area contributed by atoms with Gasteiger partial charge in [0, 0.05) is 17.2 Å². The monoisotopic (exact) mass is 582 g/mol. The Morgan fingerprint density at radius 1 is 1.32 bits per heavy atom. The first kappa shape index (κ1) is 30.6. The molecule has 0 amide bonds. The highest BCUT2D eigenvalue weighted by molar-refractivity contribution is 7.52. The van der Waals surface area contributed by atoms with E-state index in [1.807, 2.05) is 4.98 Å². The number of aliphatic hydroxyl groups is 1. The number of aromatic nitrogens is 2. The molecule has 216 valence electrons. The highest BCUT2D eigenvalue weighted by Crippen LogP contribution is 2.47. The molecule has 0 radical (unpaired) electrons. The van der Waals surface area contributed by atoms with E-state index in [0.717, 1.165) is 23.9 Å². The molecule has 18 heteroatoms. The van der Waals surface area contributed by atoms with Gasteiger partial charge in [0.05, 0.1) is 32.5 Å². The van der Waals surface area contributed by atoms with Gasteiger partial charge in [0.15, 0.2) is 6.23 Å². The van der Waals surface area contributed by atoms with Gasteiger partial charge in [-0.05, 0) is 37.6 Å². The summed E-state index contributed by atoms with van der Waals surface area (Å²) in [5.41, 5.74) is 5.81. The highest BCUT2D eigenvalue weighted by atomic mass is 31.2. The van der Waals surface area contributed by atoms with Crippen molar-refractivity contribution >= 4 is 19.7 Å². The Bertz CT molecular complexity index is 1470. The van der Waals surface area contributed by atoms with E-state index < -0.39 is 67.6 Å². The van der Waals surface area contributed by atoms with Crippen molar-refractivity contribution in [1.82, 2.24) is 14.6 Å². The number of esters is 2. The Kier molecular flexibility index (Phi) is 9.52. The predicted octanol–water partition coefficient (Wildman–Crippen LogP) is 1.01. The Labute approximate surface area is 226 Å². The van der Waals surface area contributed by atoms with Gasteiger partial charge in [-0.15, -0.1) is 0 Å². The summed E-state index contributed by atoms with van der Waals surface area (Å²) >= 11 is 0. The molecule has 1 aliphatic rings. The van der Waals surface area contributed by atoms with Gasteiger partial charge in [0.25, 0.3) is 5.56 Å². The first-order valence-electron chi connectivity index (χ1n) is 11.6. The van der Waals surface area contributed by atoms with Gasteiger partial charge in [0.2, 0.25) is 0 Å². The number of hydrogen-bond donors (Lipinski definition) is 3. The largest absolute Gasteiger partial charge is 0.468 e. The summed E-state index contributed by atoms with van der Waals surface area (Å²) < 4.78 is 40.8. The number of hydrogen-bond acceptors (Lipinski definition) is 12. The Morgan fingerprint density at radius 2 is 2.05 bits per heavy atom. The van der Waals surface area contributed by atoms with E-state index in [1.165, 1.54) is 45.2 Å². The average Bonchev–Trinajstić information content (AvgIpc) is 3.16. The van der Waals surface area contributed by atoms with Crippen LogP contribution in [0.15, 0.2) is 51.2 Å². The average molecular weight is 582 g/mol. The topological polar surface area (TPSA) is 233 Å². The lowest BCUT2D eigenvalue weighted by atomic mass is 9.93. The zero-order valence-corrected chi connectivity index (χ0v) is 22.6. The third kappa shape index (κ3) is 6.59. The molecule has 3 N–H and O–H groups in total. The van der Waals surface area contributed by atoms with Gasteiger partial charge < -0.3 is 23.8 Å². The van der Waals surface area contributed by atoms with Crippen LogP contribution in [-0.4, -0.2) is 71.2 Å². The quantitative estimate of drug-likeness (QED) is 0.111. The number of nitrogens with one attached hydrogen (secondary N) is 2. The minimum Gasteiger partial charge on any atom is -0.468 e. The van der Waals surface area contributed by atoms with E-state index in [9.17, 15) is 28.8 Å². The number of H-pyrrole nitrogens is 1. The molecule has 1 fully saturated rings. The maximum absolute atomic E-state index is 13.8. The lowest BCUT2D eigenvalue weighted by Gasteiger charge is -2.28. The maximum atomic E-state index is 13.8. The molecule has 1 aromatic heterocycles. The predicted molar refractivity (Wildman–Crippen MR) is 135 cm³/mol. The van der Waals surface area contributed by atoms with Crippen LogP contribution < -0.4 is 20.9 Å². The molecule has 1 aliphatic heterocycles. The maximum Gasteiger partial charge on any atom is 0.459 e. The molecule has 0 saturated carbocycles. The molecule has 40 heavy (non-hydrogen) atoms. The summed E-state index contributed by atoms with van der Waals surface area (Å²) in [6.45, 7) is 1.97. The zero-order chi connectivity index (χ0) is 29.7. The van der Waals surface area contributed by atoms with E-state index in [-0.39, 0.29) is 11.3 Å². The standard InChI is InChI=1S/C22H27N6O11P/c1-12(18(31)35-3)25-40(34,39-14-7-5-6-13(10-14)19(32)36-4)37-11-15-17(30)22(2,26-27-23)20(38-15)28-9-8-16(29)24-21(28)33/h5-10,12,15,17,20,30H,11H2,1-4H3,(H,25,34)(H,24,29,33)/t12-,15+,17+,20+,22+,40?/m0/s1. The third-order valence-electron chi connectivity index (χ3n) is 5.91. The third-order valence-corrected chi connectivity index (χ3v) is 7.56. The molecular weight excluding hydrogens is 555 g/mol. The molecule has 0 bridgehead atoms. The summed E-state index contributed by atoms with van der Waals surface area (Å²) in [6, 6.07) is 5.27. The number of methoxy groups -OCH3 is 2. The van der Waals surface area contributed by atoms with Gasteiger partial charge in [-0.3, -0.25) is 23.7 Å². The lowest BCUT2D eigenvalue weighted by molar-refractivity contribution is -0.142. The number of carbonyl (C=O) groups excluding carboxylic acids is 2. The molecule has 0 spiro atoms. The van der Waals surface area contributed by atoms with E-state index in [4.69, 9.17) is 19.3 Å². The number of azide groups is 1. The number of benzene rings is 1. The first-order chi connectivity index (χ1) is 18.9. The van der Waals surface area contributed by atoms with Crippen molar-refractivity contribution in [1.29, 1.82) is 0 Å². The van der Waals surface area contributed by atoms with Crippen molar-refractivity contribution in [2.24, 2.45) is 5.11 Å². The summed E-state index contributed by atoms with van der Waals surface area (Å²) in [4.78, 5) is 52.6. The molecule has 1 saturated heterocycles. The van der Waals surface area contributed by atoms with Crippen molar-refractivity contribution in [2.75, 3.05) is 20.8 Å². The number of rotatable bonds is 11. The molecule has 2 heterocycles. The van der Waals surface area contributed by atoms with Crippen molar-refractivity contribution in [3.8, 4) is 5.75 Å². The molecule has 0 aliphatic carbocycles. The van der Waals surface area contributed by atoms with E-state index in [1.54, 1.807) is 0 Å². The first-order valence-corrected chi connectivity index (χ1v) is 13.1. The minimum atomic E-state index is -4.48. The van der Waals surface area contributed by atoms with Crippen LogP contribution >= 0.6 is 7.75 Å². The number of ether oxygens (including phenoxy) is 3. The SMILES string of the molecule is COC(=O)c1cccc(OP(=O)(N[C@@H](C)C(=O)OC)OC[C@H]2O[C@@H](n3ccc(=O)[nH]c3=O)[C@](C)(N=[N+]=[N-])[C@@H]2O)c1. The van der Waals surface area contributed by atoms with Gasteiger partial charge in [-0.1, -0.05) is 11.2 Å². The normalized spacial score (nSPS) is 24.3. The van der Waals surface area contributed by atoms with Crippen molar-refractivity contribution in [3.63, 3.8) is 0 Å². The number of nitrogens with zero attached hydrogens (tertiary/aromatic N) is 4. The summed E-state index contributed by atoms with van der Waals surface area (Å²) in [5.74, 6) is -1.60.